The predicted octanol–water partition coefficient (Wildman–Crippen LogP) is 5.94. The number of methoxy groups -OCH3 is 1. The van der Waals surface area contributed by atoms with E-state index in [0.29, 0.717) is 30.7 Å². The van der Waals surface area contributed by atoms with Crippen molar-refractivity contribution in [3.05, 3.63) is 131 Å². The molecule has 1 heterocycles. The van der Waals surface area contributed by atoms with Crippen LogP contribution in [0.4, 0.5) is 0 Å². The van der Waals surface area contributed by atoms with E-state index in [1.165, 1.54) is 16.0 Å². The Morgan fingerprint density at radius 1 is 0.639 bits per heavy atom. The van der Waals surface area contributed by atoms with E-state index in [1.54, 1.807) is 31.4 Å². The van der Waals surface area contributed by atoms with E-state index < -0.39 is 0 Å². The van der Waals surface area contributed by atoms with Gasteiger partial charge in [-0.15, -0.1) is 0 Å². The molecule has 0 saturated carbocycles. The quantitative estimate of drug-likeness (QED) is 0.170. The number of fused-ring (bicyclic) bond motifs is 1. The highest BCUT2D eigenvalue weighted by molar-refractivity contribution is 6.21. The number of hydrogen-bond donors (Lipinski definition) is 0. The molecule has 1 aliphatic rings. The molecular weight excluding hydrogens is 450 g/mol. The van der Waals surface area contributed by atoms with Crippen LogP contribution < -0.4 is 9.47 Å². The number of benzene rings is 4. The molecule has 0 fully saturated rings. The summed E-state index contributed by atoms with van der Waals surface area (Å²) in [5.41, 5.74) is 4.49. The molecule has 0 aliphatic carbocycles. The van der Waals surface area contributed by atoms with E-state index in [4.69, 9.17) is 9.47 Å². The lowest BCUT2D eigenvalue weighted by Crippen LogP contribution is -2.31. The molecule has 0 saturated heterocycles. The summed E-state index contributed by atoms with van der Waals surface area (Å²) in [5.74, 6) is 1.20. The van der Waals surface area contributed by atoms with Crippen LogP contribution in [0, 0.1) is 0 Å². The van der Waals surface area contributed by atoms with Crippen LogP contribution >= 0.6 is 0 Å². The highest BCUT2D eigenvalue weighted by atomic mass is 16.5. The molecule has 0 N–H and O–H groups in total. The van der Waals surface area contributed by atoms with Crippen LogP contribution in [-0.4, -0.2) is 37.0 Å². The summed E-state index contributed by atoms with van der Waals surface area (Å²) in [6.07, 6.45) is 0.561. The highest BCUT2D eigenvalue weighted by Gasteiger charge is 2.34. The van der Waals surface area contributed by atoms with Gasteiger partial charge in [-0.05, 0) is 59.5 Å². The van der Waals surface area contributed by atoms with Crippen LogP contribution in [0.25, 0.3) is 0 Å². The van der Waals surface area contributed by atoms with Crippen molar-refractivity contribution in [1.82, 2.24) is 4.90 Å². The van der Waals surface area contributed by atoms with Crippen molar-refractivity contribution in [3.63, 3.8) is 0 Å². The van der Waals surface area contributed by atoms with Gasteiger partial charge < -0.3 is 9.47 Å². The fourth-order valence-electron chi connectivity index (χ4n) is 4.63. The Labute approximate surface area is 210 Å². The molecular formula is C31H27NO4. The Kier molecular flexibility index (Phi) is 6.80. The normalized spacial score (nSPS) is 13.4. The van der Waals surface area contributed by atoms with Crippen LogP contribution in [-0.2, 0) is 0 Å². The van der Waals surface area contributed by atoms with Crippen LogP contribution in [0.5, 0.6) is 11.5 Å². The average molecular weight is 478 g/mol. The second-order valence-corrected chi connectivity index (χ2v) is 8.70. The van der Waals surface area contributed by atoms with Gasteiger partial charge in [-0.1, -0.05) is 66.7 Å². The fourth-order valence-corrected chi connectivity index (χ4v) is 4.63. The second kappa shape index (κ2) is 10.5. The Bertz CT molecular complexity index is 1310. The van der Waals surface area contributed by atoms with Crippen LogP contribution in [0.15, 0.2) is 103 Å². The van der Waals surface area contributed by atoms with Gasteiger partial charge in [0.05, 0.1) is 24.8 Å². The maximum absolute atomic E-state index is 12.5. The average Bonchev–Trinajstić information content (AvgIpc) is 3.18. The number of amides is 2. The van der Waals surface area contributed by atoms with Crippen molar-refractivity contribution in [2.24, 2.45) is 0 Å². The van der Waals surface area contributed by atoms with E-state index >= 15 is 0 Å². The Balaban J connectivity index is 1.23. The maximum atomic E-state index is 12.5. The molecule has 0 radical (unpaired) electrons. The summed E-state index contributed by atoms with van der Waals surface area (Å²) in [6.45, 7) is 0.741. The summed E-state index contributed by atoms with van der Waals surface area (Å²) in [6, 6.07) is 33.6. The Morgan fingerprint density at radius 3 is 1.69 bits per heavy atom. The third kappa shape index (κ3) is 4.73. The van der Waals surface area contributed by atoms with Gasteiger partial charge in [0.1, 0.15) is 11.5 Å². The van der Waals surface area contributed by atoms with Crippen molar-refractivity contribution in [1.29, 1.82) is 0 Å². The molecule has 36 heavy (non-hydrogen) atoms. The van der Waals surface area contributed by atoms with E-state index in [2.05, 4.69) is 48.5 Å². The van der Waals surface area contributed by atoms with Crippen LogP contribution in [0.3, 0.4) is 0 Å². The molecule has 1 aliphatic heterocycles. The van der Waals surface area contributed by atoms with Gasteiger partial charge in [-0.3, -0.25) is 14.5 Å². The van der Waals surface area contributed by atoms with Crippen molar-refractivity contribution < 1.29 is 19.1 Å². The summed E-state index contributed by atoms with van der Waals surface area (Å²) in [4.78, 5) is 26.3. The number of carbonyl (C=O) groups is 2. The van der Waals surface area contributed by atoms with Crippen LogP contribution in [0.1, 0.15) is 49.7 Å². The molecule has 4 aromatic carbocycles. The number of rotatable bonds is 9. The Morgan fingerprint density at radius 2 is 1.14 bits per heavy atom. The molecule has 1 atom stereocenters. The Hall–Kier alpha value is -4.38. The predicted molar refractivity (Wildman–Crippen MR) is 139 cm³/mol. The lowest BCUT2D eigenvalue weighted by molar-refractivity contribution is 0.0646. The highest BCUT2D eigenvalue weighted by Crippen LogP contribution is 2.33. The number of nitrogens with zero attached hydrogens (tertiary/aromatic N) is 1. The molecule has 5 heteroatoms. The first-order chi connectivity index (χ1) is 17.7. The summed E-state index contributed by atoms with van der Waals surface area (Å²) in [7, 11) is 1.67. The smallest absolute Gasteiger partial charge is 0.261 e. The van der Waals surface area contributed by atoms with E-state index in [1.807, 2.05) is 30.3 Å². The van der Waals surface area contributed by atoms with Crippen molar-refractivity contribution in [3.8, 4) is 11.5 Å². The third-order valence-electron chi connectivity index (χ3n) is 6.47. The van der Waals surface area contributed by atoms with Crippen LogP contribution in [0.2, 0.25) is 0 Å². The van der Waals surface area contributed by atoms with Crippen molar-refractivity contribution in [2.45, 2.75) is 12.3 Å². The largest absolute Gasteiger partial charge is 0.497 e. The molecule has 0 spiro atoms. The SMILES string of the molecule is COc1ccc(C(c2ccccc2)c2ccc(OCCCN3C(=O)c4ccccc4C3=O)cc2)cc1. The zero-order valence-corrected chi connectivity index (χ0v) is 20.1. The molecule has 5 rings (SSSR count). The van der Waals surface area contributed by atoms with Crippen molar-refractivity contribution >= 4 is 11.8 Å². The van der Waals surface area contributed by atoms with Gasteiger partial charge >= 0.3 is 0 Å². The minimum atomic E-state index is -0.231. The van der Waals surface area contributed by atoms with Crippen molar-refractivity contribution in [2.75, 3.05) is 20.3 Å². The number of carbonyl (C=O) groups excluding carboxylic acids is 2. The minimum Gasteiger partial charge on any atom is -0.497 e. The molecule has 0 aromatic heterocycles. The third-order valence-corrected chi connectivity index (χ3v) is 6.47. The molecule has 1 unspecified atom stereocenters. The number of ether oxygens (including phenoxy) is 2. The van der Waals surface area contributed by atoms with Gasteiger partial charge in [0.2, 0.25) is 0 Å². The molecule has 180 valence electrons. The molecule has 5 nitrogen and oxygen atoms in total. The number of hydrogen-bond acceptors (Lipinski definition) is 4. The first kappa shape index (κ1) is 23.4. The standard InChI is InChI=1S/C31H27NO4/c1-35-25-16-12-23(13-17-25)29(22-8-3-2-4-9-22)24-14-18-26(19-15-24)36-21-7-20-32-30(33)27-10-5-6-11-28(27)31(32)34/h2-6,8-19,29H,7,20-21H2,1H3. The zero-order valence-electron chi connectivity index (χ0n) is 20.1. The zero-order chi connectivity index (χ0) is 24.9. The van der Waals surface area contributed by atoms with Gasteiger partial charge in [0.15, 0.2) is 0 Å². The first-order valence-corrected chi connectivity index (χ1v) is 12.0. The van der Waals surface area contributed by atoms with Gasteiger partial charge in [-0.2, -0.15) is 0 Å². The first-order valence-electron chi connectivity index (χ1n) is 12.0. The molecule has 4 aromatic rings. The topological polar surface area (TPSA) is 55.8 Å². The van der Waals surface area contributed by atoms with E-state index in [0.717, 1.165) is 17.1 Å². The van der Waals surface area contributed by atoms with E-state index in [-0.39, 0.29) is 17.7 Å². The lowest BCUT2D eigenvalue weighted by Gasteiger charge is -2.20. The molecule has 0 bridgehead atoms. The molecule has 2 amide bonds. The lowest BCUT2D eigenvalue weighted by atomic mass is 9.85. The van der Waals surface area contributed by atoms with E-state index in [9.17, 15) is 9.59 Å². The van der Waals surface area contributed by atoms with Gasteiger partial charge in [0, 0.05) is 12.5 Å². The summed E-state index contributed by atoms with van der Waals surface area (Å²) in [5, 5.41) is 0. The maximum Gasteiger partial charge on any atom is 0.261 e. The second-order valence-electron chi connectivity index (χ2n) is 8.70. The van der Waals surface area contributed by atoms with Gasteiger partial charge in [-0.25, -0.2) is 0 Å². The fraction of sp³-hybridized carbons (Fsp3) is 0.161. The summed E-state index contributed by atoms with van der Waals surface area (Å²) >= 11 is 0. The summed E-state index contributed by atoms with van der Waals surface area (Å²) < 4.78 is 11.3. The monoisotopic (exact) mass is 477 g/mol. The minimum absolute atomic E-state index is 0.0833. The van der Waals surface area contributed by atoms with Gasteiger partial charge in [0.25, 0.3) is 11.8 Å². The number of imide groups is 1.